The normalized spacial score (nSPS) is 9.69. The minimum Gasteiger partial charge on any atom is -0.358 e. The number of nitrogens with zero attached hydrogens (tertiary/aromatic N) is 3. The predicted octanol–water partition coefficient (Wildman–Crippen LogP) is -0.553. The number of aromatic nitrogens is 2. The van der Waals surface area contributed by atoms with Crippen molar-refractivity contribution in [3.63, 3.8) is 0 Å². The summed E-state index contributed by atoms with van der Waals surface area (Å²) in [5, 5.41) is 18.5. The quantitative estimate of drug-likeness (QED) is 0.365. The Morgan fingerprint density at radius 1 is 1.85 bits per heavy atom. The van der Waals surface area contributed by atoms with Crippen molar-refractivity contribution in [3.05, 3.63) is 22.1 Å². The number of hydrogen-bond donors (Lipinski definition) is 2. The van der Waals surface area contributed by atoms with Gasteiger partial charge in [-0.1, -0.05) is 0 Å². The summed E-state index contributed by atoms with van der Waals surface area (Å²) in [6.07, 6.45) is 0.935. The molecule has 0 unspecified atom stereocenters. The second kappa shape index (κ2) is 3.19. The van der Waals surface area contributed by atoms with Crippen molar-refractivity contribution in [1.82, 2.24) is 15.0 Å². The van der Waals surface area contributed by atoms with Crippen molar-refractivity contribution in [2.24, 2.45) is 7.05 Å². The summed E-state index contributed by atoms with van der Waals surface area (Å²) in [5.41, 5.74) is 1.33. The zero-order valence-corrected chi connectivity index (χ0v) is 6.59. The topological polar surface area (TPSA) is 110 Å². The number of nitro groups is 1. The van der Waals surface area contributed by atoms with Crippen LogP contribution < -0.4 is 5.48 Å². The Labute approximate surface area is 71.9 Å². The molecule has 0 aliphatic heterocycles. The molecule has 2 N–H and O–H groups in total. The third-order valence-electron chi connectivity index (χ3n) is 1.46. The lowest BCUT2D eigenvalue weighted by molar-refractivity contribution is -0.391. The van der Waals surface area contributed by atoms with Crippen LogP contribution in [0, 0.1) is 10.1 Å². The number of imidazole rings is 1. The summed E-state index contributed by atoms with van der Waals surface area (Å²) in [4.78, 5) is 23.9. The first-order valence-corrected chi connectivity index (χ1v) is 3.18. The van der Waals surface area contributed by atoms with E-state index >= 15 is 0 Å². The van der Waals surface area contributed by atoms with Gasteiger partial charge in [0.1, 0.15) is 6.20 Å². The molecule has 70 valence electrons. The number of carbonyl (C=O) groups is 1. The molecule has 8 heteroatoms. The molecule has 0 spiro atoms. The molecule has 1 amide bonds. The summed E-state index contributed by atoms with van der Waals surface area (Å²) in [6.45, 7) is 0. The maximum Gasteiger partial charge on any atom is 0.343 e. The van der Waals surface area contributed by atoms with E-state index in [2.05, 4.69) is 4.98 Å². The Bertz CT molecular complexity index is 357. The highest BCUT2D eigenvalue weighted by molar-refractivity contribution is 5.90. The number of carbonyl (C=O) groups excluding carboxylic acids is 1. The van der Waals surface area contributed by atoms with E-state index in [0.29, 0.717) is 0 Å². The minimum atomic E-state index is -0.893. The van der Waals surface area contributed by atoms with Gasteiger partial charge in [-0.2, -0.15) is 0 Å². The lowest BCUT2D eigenvalue weighted by atomic mass is 10.6. The number of hydroxylamine groups is 1. The number of nitrogens with one attached hydrogen (secondary N) is 1. The van der Waals surface area contributed by atoms with Crippen LogP contribution in [0.4, 0.5) is 5.82 Å². The van der Waals surface area contributed by atoms with E-state index < -0.39 is 10.8 Å². The molecule has 0 saturated heterocycles. The zero-order valence-electron chi connectivity index (χ0n) is 6.59. The van der Waals surface area contributed by atoms with Crippen LogP contribution >= 0.6 is 0 Å². The average molecular weight is 186 g/mol. The molecule has 8 nitrogen and oxygen atoms in total. The van der Waals surface area contributed by atoms with Crippen molar-refractivity contribution in [2.75, 3.05) is 0 Å². The van der Waals surface area contributed by atoms with E-state index in [9.17, 15) is 14.9 Å². The van der Waals surface area contributed by atoms with E-state index in [0.717, 1.165) is 10.8 Å². The lowest BCUT2D eigenvalue weighted by Gasteiger charge is -1.95. The highest BCUT2D eigenvalue weighted by atomic mass is 16.6. The Morgan fingerprint density at radius 2 is 2.46 bits per heavy atom. The highest BCUT2D eigenvalue weighted by Gasteiger charge is 2.21. The second-order valence-electron chi connectivity index (χ2n) is 2.20. The first kappa shape index (κ1) is 9.13. The standard InChI is InChI=1S/C5H6N4O4/c1-8-3(9(12)13)2-6-4(8)5(10)7-11/h2,11H,1H3,(H,7,10). The first-order chi connectivity index (χ1) is 6.07. The SMILES string of the molecule is Cn1c([N+](=O)[O-])cnc1C(=O)NO. The molecule has 13 heavy (non-hydrogen) atoms. The maximum absolute atomic E-state index is 10.8. The third kappa shape index (κ3) is 1.47. The van der Waals surface area contributed by atoms with Gasteiger partial charge >= 0.3 is 11.7 Å². The van der Waals surface area contributed by atoms with Crippen molar-refractivity contribution in [2.45, 2.75) is 0 Å². The molecular weight excluding hydrogens is 180 g/mol. The smallest absolute Gasteiger partial charge is 0.343 e. The fraction of sp³-hybridized carbons (Fsp3) is 0.200. The molecular formula is C5H6N4O4. The largest absolute Gasteiger partial charge is 0.358 e. The molecule has 0 aromatic carbocycles. The van der Waals surface area contributed by atoms with Crippen LogP contribution in [0.2, 0.25) is 0 Å². The van der Waals surface area contributed by atoms with Gasteiger partial charge in [0.2, 0.25) is 0 Å². The molecule has 0 saturated carbocycles. The fourth-order valence-corrected chi connectivity index (χ4v) is 0.831. The van der Waals surface area contributed by atoms with Crippen LogP contribution in [0.3, 0.4) is 0 Å². The molecule has 0 aliphatic carbocycles. The molecule has 1 rings (SSSR count). The summed E-state index contributed by atoms with van der Waals surface area (Å²) in [7, 11) is 1.30. The Kier molecular flexibility index (Phi) is 2.24. The molecule has 1 heterocycles. The van der Waals surface area contributed by atoms with Gasteiger partial charge < -0.3 is 10.1 Å². The molecule has 0 radical (unpaired) electrons. The van der Waals surface area contributed by atoms with Crippen LogP contribution in [0.5, 0.6) is 0 Å². The van der Waals surface area contributed by atoms with E-state index in [1.165, 1.54) is 12.5 Å². The molecule has 0 fully saturated rings. The van der Waals surface area contributed by atoms with Crippen LogP contribution in [0.1, 0.15) is 10.6 Å². The number of amides is 1. The van der Waals surface area contributed by atoms with Gasteiger partial charge in [-0.05, 0) is 4.92 Å². The highest BCUT2D eigenvalue weighted by Crippen LogP contribution is 2.10. The summed E-state index contributed by atoms with van der Waals surface area (Å²) in [6, 6.07) is 0. The van der Waals surface area contributed by atoms with Gasteiger partial charge in [0.15, 0.2) is 0 Å². The van der Waals surface area contributed by atoms with E-state index in [4.69, 9.17) is 5.21 Å². The maximum atomic E-state index is 10.8. The fourth-order valence-electron chi connectivity index (χ4n) is 0.831. The summed E-state index contributed by atoms with van der Waals surface area (Å²) >= 11 is 0. The first-order valence-electron chi connectivity index (χ1n) is 3.18. The Hall–Kier alpha value is -1.96. The molecule has 0 aliphatic rings. The van der Waals surface area contributed by atoms with Gasteiger partial charge in [-0.15, -0.1) is 0 Å². The zero-order chi connectivity index (χ0) is 10.0. The van der Waals surface area contributed by atoms with Gasteiger partial charge in [-0.25, -0.2) is 15.0 Å². The molecule has 0 bridgehead atoms. The van der Waals surface area contributed by atoms with Gasteiger partial charge in [0.05, 0.1) is 7.05 Å². The van der Waals surface area contributed by atoms with Crippen LogP contribution in [-0.2, 0) is 7.05 Å². The van der Waals surface area contributed by atoms with E-state index in [1.54, 1.807) is 0 Å². The van der Waals surface area contributed by atoms with Crippen molar-refractivity contribution in [3.8, 4) is 0 Å². The summed E-state index contributed by atoms with van der Waals surface area (Å²) < 4.78 is 0.964. The number of rotatable bonds is 2. The van der Waals surface area contributed by atoms with Gasteiger partial charge in [-0.3, -0.25) is 10.0 Å². The van der Waals surface area contributed by atoms with Gasteiger partial charge in [0.25, 0.3) is 5.82 Å². The number of hydrogen-bond acceptors (Lipinski definition) is 5. The Morgan fingerprint density at radius 3 is 2.85 bits per heavy atom. The van der Waals surface area contributed by atoms with Crippen LogP contribution in [-0.4, -0.2) is 25.6 Å². The lowest BCUT2D eigenvalue weighted by Crippen LogP contribution is -2.22. The van der Waals surface area contributed by atoms with E-state index in [-0.39, 0.29) is 11.6 Å². The van der Waals surface area contributed by atoms with E-state index in [1.807, 2.05) is 0 Å². The van der Waals surface area contributed by atoms with Gasteiger partial charge in [0, 0.05) is 0 Å². The third-order valence-corrected chi connectivity index (χ3v) is 1.46. The molecule has 1 aromatic heterocycles. The average Bonchev–Trinajstić information content (AvgIpc) is 2.46. The molecule has 1 aromatic rings. The second-order valence-corrected chi connectivity index (χ2v) is 2.20. The van der Waals surface area contributed by atoms with Crippen LogP contribution in [0.25, 0.3) is 0 Å². The minimum absolute atomic E-state index is 0.228. The summed E-state index contributed by atoms with van der Waals surface area (Å²) in [5.74, 6) is -1.44. The van der Waals surface area contributed by atoms with Crippen molar-refractivity contribution in [1.29, 1.82) is 0 Å². The Balaban J connectivity index is 3.13. The molecule has 0 atom stereocenters. The van der Waals surface area contributed by atoms with Crippen molar-refractivity contribution >= 4 is 11.7 Å². The van der Waals surface area contributed by atoms with Crippen LogP contribution in [0.15, 0.2) is 6.20 Å². The van der Waals surface area contributed by atoms with Crippen molar-refractivity contribution < 1.29 is 14.9 Å². The monoisotopic (exact) mass is 186 g/mol. The predicted molar refractivity (Wildman–Crippen MR) is 39.1 cm³/mol.